The van der Waals surface area contributed by atoms with Crippen LogP contribution in [0.15, 0.2) is 30.3 Å². The molecule has 12 heteroatoms. The number of halogens is 3. The fourth-order valence-corrected chi connectivity index (χ4v) is 5.99. The highest BCUT2D eigenvalue weighted by molar-refractivity contribution is 7.99. The summed E-state index contributed by atoms with van der Waals surface area (Å²) in [6, 6.07) is 7.29. The number of thioether (sulfide) groups is 1. The van der Waals surface area contributed by atoms with Gasteiger partial charge in [-0.3, -0.25) is 0 Å². The van der Waals surface area contributed by atoms with Gasteiger partial charge in [0, 0.05) is 24.6 Å². The Morgan fingerprint density at radius 2 is 1.52 bits per heavy atom. The highest BCUT2D eigenvalue weighted by Crippen LogP contribution is 2.48. The first-order valence-corrected chi connectivity index (χ1v) is 15.8. The summed E-state index contributed by atoms with van der Waals surface area (Å²) < 4.78 is 66.4. The number of thiocarbonyl (C=S) groups is 1. The van der Waals surface area contributed by atoms with Crippen molar-refractivity contribution in [2.75, 3.05) is 11.5 Å². The van der Waals surface area contributed by atoms with Gasteiger partial charge in [-0.1, -0.05) is 37.5 Å². The number of amides is 1. The van der Waals surface area contributed by atoms with Gasteiger partial charge in [-0.05, 0) is 84.4 Å². The van der Waals surface area contributed by atoms with Crippen LogP contribution in [0.1, 0.15) is 86.5 Å². The number of para-hydroxylation sites is 1. The summed E-state index contributed by atoms with van der Waals surface area (Å²) in [4.78, 5) is 25.2. The van der Waals surface area contributed by atoms with Crippen molar-refractivity contribution in [3.8, 4) is 5.75 Å². The third-order valence-corrected chi connectivity index (χ3v) is 7.69. The van der Waals surface area contributed by atoms with E-state index >= 15 is 0 Å². The molecular weight excluding hydrogens is 591 g/mol. The molecule has 1 saturated carbocycles. The molecule has 1 amide bonds. The van der Waals surface area contributed by atoms with Gasteiger partial charge in [-0.15, -0.1) is 0 Å². The number of nitrogens with one attached hydrogen (secondary N) is 1. The number of alkyl halides is 3. The van der Waals surface area contributed by atoms with Crippen LogP contribution in [0.5, 0.6) is 5.75 Å². The Kier molecular flexibility index (Phi) is 13.3. The van der Waals surface area contributed by atoms with Crippen molar-refractivity contribution in [3.63, 3.8) is 0 Å². The lowest BCUT2D eigenvalue weighted by Crippen LogP contribution is -2.56. The summed E-state index contributed by atoms with van der Waals surface area (Å²) in [7, 11) is 0. The molecule has 2 atom stereocenters. The Labute approximate surface area is 256 Å². The number of carbonyl (C=O) groups excluding carboxylic acids is 2. The minimum atomic E-state index is -4.70. The molecule has 0 bridgehead atoms. The van der Waals surface area contributed by atoms with E-state index in [0.29, 0.717) is 31.4 Å². The number of hydrogen-bond donors (Lipinski definition) is 1. The van der Waals surface area contributed by atoms with Crippen molar-refractivity contribution in [1.82, 2.24) is 5.32 Å². The SMILES string of the molecule is CC(C)(C)OC(=O)N[C@@H](CCSCCC(OC(=S)Oc1ccccc1)(C1CCCCC1)C(F)(F)F)C(=O)OC(C)(C)C. The molecule has 1 aromatic rings. The fourth-order valence-electron chi connectivity index (χ4n) is 4.69. The number of carbonyl (C=O) groups is 2. The molecule has 1 unspecified atom stereocenters. The van der Waals surface area contributed by atoms with E-state index in [4.69, 9.17) is 31.2 Å². The Balaban J connectivity index is 2.12. The average molecular weight is 636 g/mol. The van der Waals surface area contributed by atoms with Crippen molar-refractivity contribution < 1.29 is 41.7 Å². The Morgan fingerprint density at radius 1 is 0.929 bits per heavy atom. The maximum Gasteiger partial charge on any atom is 0.428 e. The predicted molar refractivity (Wildman–Crippen MR) is 162 cm³/mol. The van der Waals surface area contributed by atoms with Gasteiger partial charge in [-0.2, -0.15) is 24.9 Å². The highest BCUT2D eigenvalue weighted by Gasteiger charge is 2.61. The van der Waals surface area contributed by atoms with E-state index in [1.165, 1.54) is 11.8 Å². The van der Waals surface area contributed by atoms with Crippen molar-refractivity contribution in [2.24, 2.45) is 5.92 Å². The lowest BCUT2D eigenvalue weighted by molar-refractivity contribution is -0.278. The van der Waals surface area contributed by atoms with Gasteiger partial charge in [0.25, 0.3) is 0 Å². The monoisotopic (exact) mass is 635 g/mol. The van der Waals surface area contributed by atoms with Crippen LogP contribution in [0.25, 0.3) is 0 Å². The molecule has 0 radical (unpaired) electrons. The molecule has 42 heavy (non-hydrogen) atoms. The van der Waals surface area contributed by atoms with Crippen LogP contribution in [0.3, 0.4) is 0 Å². The van der Waals surface area contributed by atoms with Gasteiger partial charge in [0.1, 0.15) is 23.0 Å². The van der Waals surface area contributed by atoms with E-state index < -0.39 is 52.2 Å². The molecule has 0 aromatic heterocycles. The Hall–Kier alpha value is -2.21. The molecule has 1 aromatic carbocycles. The second kappa shape index (κ2) is 15.5. The van der Waals surface area contributed by atoms with Gasteiger partial charge < -0.3 is 24.3 Å². The summed E-state index contributed by atoms with van der Waals surface area (Å²) in [5.74, 6) is -0.761. The maximum atomic E-state index is 14.9. The molecule has 2 rings (SSSR count). The van der Waals surface area contributed by atoms with E-state index in [1.807, 2.05) is 0 Å². The number of rotatable bonds is 11. The van der Waals surface area contributed by atoms with E-state index in [2.05, 4.69) is 5.32 Å². The minimum absolute atomic E-state index is 0.0808. The highest BCUT2D eigenvalue weighted by atomic mass is 32.2. The molecule has 1 N–H and O–H groups in total. The van der Waals surface area contributed by atoms with E-state index in [-0.39, 0.29) is 24.3 Å². The third kappa shape index (κ3) is 12.2. The predicted octanol–water partition coefficient (Wildman–Crippen LogP) is 8.00. The van der Waals surface area contributed by atoms with Crippen LogP contribution in [0.2, 0.25) is 0 Å². The smallest absolute Gasteiger partial charge is 0.428 e. The van der Waals surface area contributed by atoms with Gasteiger partial charge in [-0.25, -0.2) is 9.59 Å². The van der Waals surface area contributed by atoms with Crippen molar-refractivity contribution in [2.45, 2.75) is 116 Å². The van der Waals surface area contributed by atoms with Gasteiger partial charge in [0.05, 0.1) is 0 Å². The van der Waals surface area contributed by atoms with Crippen LogP contribution in [0, 0.1) is 5.92 Å². The number of hydrogen-bond acceptors (Lipinski definition) is 8. The third-order valence-electron chi connectivity index (χ3n) is 6.51. The largest absolute Gasteiger partial charge is 0.458 e. The first kappa shape index (κ1) is 36.0. The summed E-state index contributed by atoms with van der Waals surface area (Å²) >= 11 is 6.38. The number of esters is 1. The summed E-state index contributed by atoms with van der Waals surface area (Å²) in [5, 5.41) is 1.97. The van der Waals surface area contributed by atoms with E-state index in [0.717, 1.165) is 6.42 Å². The van der Waals surface area contributed by atoms with Crippen LogP contribution in [0.4, 0.5) is 18.0 Å². The van der Waals surface area contributed by atoms with Crippen LogP contribution >= 0.6 is 24.0 Å². The maximum absolute atomic E-state index is 14.9. The first-order chi connectivity index (χ1) is 19.4. The molecule has 238 valence electrons. The molecule has 1 aliphatic carbocycles. The second-order valence-corrected chi connectivity index (χ2v) is 13.9. The molecule has 0 aliphatic heterocycles. The van der Waals surface area contributed by atoms with Gasteiger partial charge >= 0.3 is 23.5 Å². The van der Waals surface area contributed by atoms with E-state index in [1.54, 1.807) is 71.9 Å². The molecule has 1 aliphatic rings. The van der Waals surface area contributed by atoms with Crippen molar-refractivity contribution in [3.05, 3.63) is 30.3 Å². The molecule has 0 saturated heterocycles. The molecular formula is C30H44F3NO6S2. The number of ether oxygens (including phenoxy) is 4. The normalized spacial score (nSPS) is 17.0. The zero-order chi connectivity index (χ0) is 31.6. The van der Waals surface area contributed by atoms with Gasteiger partial charge in [0.15, 0.2) is 0 Å². The molecule has 0 heterocycles. The first-order valence-electron chi connectivity index (χ1n) is 14.2. The molecule has 0 spiro atoms. The van der Waals surface area contributed by atoms with Crippen molar-refractivity contribution in [1.29, 1.82) is 0 Å². The Bertz CT molecular complexity index is 1020. The quantitative estimate of drug-likeness (QED) is 0.149. The minimum Gasteiger partial charge on any atom is -0.458 e. The van der Waals surface area contributed by atoms with Gasteiger partial charge in [0.2, 0.25) is 5.60 Å². The average Bonchev–Trinajstić information content (AvgIpc) is 2.85. The number of benzene rings is 1. The molecule has 1 fully saturated rings. The van der Waals surface area contributed by atoms with Crippen LogP contribution < -0.4 is 10.1 Å². The number of alkyl carbamates (subject to hydrolysis) is 1. The van der Waals surface area contributed by atoms with Crippen LogP contribution in [-0.2, 0) is 19.0 Å². The zero-order valence-corrected chi connectivity index (χ0v) is 26.9. The summed E-state index contributed by atoms with van der Waals surface area (Å²) in [6.45, 7) is 10.2. The summed E-state index contributed by atoms with van der Waals surface area (Å²) in [5.41, 5.74) is -4.07. The fraction of sp³-hybridized carbons (Fsp3) is 0.700. The Morgan fingerprint density at radius 3 is 2.07 bits per heavy atom. The van der Waals surface area contributed by atoms with Crippen LogP contribution in [-0.4, -0.2) is 57.8 Å². The van der Waals surface area contributed by atoms with E-state index in [9.17, 15) is 22.8 Å². The lowest BCUT2D eigenvalue weighted by atomic mass is 9.75. The van der Waals surface area contributed by atoms with Crippen molar-refractivity contribution >= 4 is 41.3 Å². The topological polar surface area (TPSA) is 83.1 Å². The summed E-state index contributed by atoms with van der Waals surface area (Å²) in [6.07, 6.45) is -2.71. The second-order valence-electron chi connectivity index (χ2n) is 12.4. The molecule has 7 nitrogen and oxygen atoms in total. The lowest BCUT2D eigenvalue weighted by Gasteiger charge is -2.43. The standard InChI is InChI=1S/C30H44F3NO6S2/c1-27(2,3)38-24(35)23(34-25(36)39-28(4,5)6)17-19-42-20-18-29(30(31,32)33,21-13-9-7-10-14-21)40-26(41)37-22-15-11-8-12-16-22/h8,11-12,15-16,21,23H,7,9-10,13-14,17-20H2,1-6H3,(H,34,36)/t23-,29?/m0/s1. The zero-order valence-electron chi connectivity index (χ0n) is 25.3.